The Morgan fingerprint density at radius 3 is 2.58 bits per heavy atom. The molecule has 0 saturated carbocycles. The predicted octanol–water partition coefficient (Wildman–Crippen LogP) is 4.90. The van der Waals surface area contributed by atoms with E-state index in [4.69, 9.17) is 0 Å². The van der Waals surface area contributed by atoms with Crippen molar-refractivity contribution in [2.75, 3.05) is 0 Å². The average molecular weight is 246 g/mol. The SMILES string of the molecule is C=C1C(c2ccccc2)=CCc2cc(CC)ccc21. The van der Waals surface area contributed by atoms with E-state index in [1.807, 2.05) is 0 Å². The summed E-state index contributed by atoms with van der Waals surface area (Å²) in [5.41, 5.74) is 7.80. The Balaban J connectivity index is 2.02. The first-order chi connectivity index (χ1) is 9.29. The summed E-state index contributed by atoms with van der Waals surface area (Å²) >= 11 is 0. The van der Waals surface area contributed by atoms with E-state index in [2.05, 4.69) is 68.1 Å². The van der Waals surface area contributed by atoms with Gasteiger partial charge in [0.25, 0.3) is 0 Å². The quantitative estimate of drug-likeness (QED) is 0.707. The number of rotatable bonds is 2. The van der Waals surface area contributed by atoms with Crippen LogP contribution in [-0.4, -0.2) is 0 Å². The van der Waals surface area contributed by atoms with E-state index in [1.54, 1.807) is 0 Å². The van der Waals surface area contributed by atoms with Crippen LogP contribution >= 0.6 is 0 Å². The maximum atomic E-state index is 4.30. The summed E-state index contributed by atoms with van der Waals surface area (Å²) in [6, 6.07) is 17.3. The highest BCUT2D eigenvalue weighted by Gasteiger charge is 2.16. The molecule has 0 saturated heterocycles. The highest BCUT2D eigenvalue weighted by molar-refractivity contribution is 6.06. The van der Waals surface area contributed by atoms with Crippen LogP contribution in [0.1, 0.15) is 29.2 Å². The molecule has 2 aromatic carbocycles. The van der Waals surface area contributed by atoms with Crippen LogP contribution in [0.5, 0.6) is 0 Å². The molecule has 0 spiro atoms. The molecule has 0 heterocycles. The van der Waals surface area contributed by atoms with E-state index in [0.717, 1.165) is 18.4 Å². The Morgan fingerprint density at radius 2 is 1.84 bits per heavy atom. The van der Waals surface area contributed by atoms with Crippen LogP contribution in [0.2, 0.25) is 0 Å². The van der Waals surface area contributed by atoms with Gasteiger partial charge in [0.15, 0.2) is 0 Å². The van der Waals surface area contributed by atoms with Crippen LogP contribution < -0.4 is 0 Å². The number of benzene rings is 2. The molecule has 0 unspecified atom stereocenters. The zero-order chi connectivity index (χ0) is 13.2. The van der Waals surface area contributed by atoms with Crippen LogP contribution in [0.15, 0.2) is 61.2 Å². The zero-order valence-electron chi connectivity index (χ0n) is 11.3. The maximum Gasteiger partial charge on any atom is -0.00818 e. The summed E-state index contributed by atoms with van der Waals surface area (Å²) in [5.74, 6) is 0. The minimum atomic E-state index is 1.01. The molecular formula is C19H18. The van der Waals surface area contributed by atoms with Crippen LogP contribution in [0.3, 0.4) is 0 Å². The van der Waals surface area contributed by atoms with Gasteiger partial charge in [0.05, 0.1) is 0 Å². The first-order valence-corrected chi connectivity index (χ1v) is 6.86. The molecule has 2 aromatic rings. The first-order valence-electron chi connectivity index (χ1n) is 6.86. The molecule has 0 N–H and O–H groups in total. The fraction of sp³-hybridized carbons (Fsp3) is 0.158. The predicted molar refractivity (Wildman–Crippen MR) is 83.0 cm³/mol. The zero-order valence-corrected chi connectivity index (χ0v) is 11.3. The van der Waals surface area contributed by atoms with Crippen molar-refractivity contribution >= 4 is 11.1 Å². The van der Waals surface area contributed by atoms with Gasteiger partial charge in [-0.3, -0.25) is 0 Å². The van der Waals surface area contributed by atoms with Crippen molar-refractivity contribution in [2.45, 2.75) is 19.8 Å². The number of aryl methyl sites for hydroxylation is 1. The molecule has 19 heavy (non-hydrogen) atoms. The third-order valence-electron chi connectivity index (χ3n) is 3.84. The molecule has 1 aliphatic rings. The van der Waals surface area contributed by atoms with Crippen molar-refractivity contribution in [2.24, 2.45) is 0 Å². The second kappa shape index (κ2) is 4.89. The molecular weight excluding hydrogens is 228 g/mol. The molecule has 0 nitrogen and oxygen atoms in total. The van der Waals surface area contributed by atoms with E-state index in [0.29, 0.717) is 0 Å². The topological polar surface area (TPSA) is 0 Å². The van der Waals surface area contributed by atoms with Crippen LogP contribution in [0, 0.1) is 0 Å². The Labute approximate surface area is 115 Å². The van der Waals surface area contributed by atoms with Crippen molar-refractivity contribution in [3.63, 3.8) is 0 Å². The normalized spacial score (nSPS) is 13.9. The third-order valence-corrected chi connectivity index (χ3v) is 3.84. The van der Waals surface area contributed by atoms with Gasteiger partial charge in [-0.15, -0.1) is 0 Å². The van der Waals surface area contributed by atoms with Crippen molar-refractivity contribution in [1.29, 1.82) is 0 Å². The Bertz CT molecular complexity index is 645. The third kappa shape index (κ3) is 2.15. The van der Waals surface area contributed by atoms with Gasteiger partial charge in [0, 0.05) is 0 Å². The lowest BCUT2D eigenvalue weighted by molar-refractivity contribution is 1.11. The molecule has 1 aliphatic carbocycles. The summed E-state index contributed by atoms with van der Waals surface area (Å²) in [5, 5.41) is 0. The molecule has 0 fully saturated rings. The largest absolute Gasteiger partial charge is 0.0905 e. The molecule has 0 radical (unpaired) electrons. The number of fused-ring (bicyclic) bond motifs is 1. The lowest BCUT2D eigenvalue weighted by Crippen LogP contribution is -2.02. The van der Waals surface area contributed by atoms with Crippen molar-refractivity contribution in [1.82, 2.24) is 0 Å². The van der Waals surface area contributed by atoms with Crippen molar-refractivity contribution in [3.8, 4) is 0 Å². The Kier molecular flexibility index (Phi) is 3.08. The number of hydrogen-bond acceptors (Lipinski definition) is 0. The number of allylic oxidation sites excluding steroid dienone is 3. The van der Waals surface area contributed by atoms with E-state index < -0.39 is 0 Å². The summed E-state index contributed by atoms with van der Waals surface area (Å²) in [7, 11) is 0. The average Bonchev–Trinajstić information content (AvgIpc) is 2.48. The van der Waals surface area contributed by atoms with Gasteiger partial charge in [0.2, 0.25) is 0 Å². The van der Waals surface area contributed by atoms with Crippen molar-refractivity contribution in [3.05, 3.63) is 83.4 Å². The lowest BCUT2D eigenvalue weighted by atomic mass is 9.84. The molecule has 0 heteroatoms. The monoisotopic (exact) mass is 246 g/mol. The van der Waals surface area contributed by atoms with E-state index in [-0.39, 0.29) is 0 Å². The fourth-order valence-corrected chi connectivity index (χ4v) is 2.72. The smallest absolute Gasteiger partial charge is 0.00818 e. The fourth-order valence-electron chi connectivity index (χ4n) is 2.72. The van der Waals surface area contributed by atoms with Gasteiger partial charge in [-0.25, -0.2) is 0 Å². The molecule has 0 aromatic heterocycles. The van der Waals surface area contributed by atoms with Gasteiger partial charge in [0.1, 0.15) is 0 Å². The minimum Gasteiger partial charge on any atom is -0.0905 e. The molecule has 0 amide bonds. The van der Waals surface area contributed by atoms with Gasteiger partial charge in [-0.1, -0.05) is 68.1 Å². The van der Waals surface area contributed by atoms with Crippen molar-refractivity contribution < 1.29 is 0 Å². The van der Waals surface area contributed by atoms with E-state index >= 15 is 0 Å². The molecule has 0 bridgehead atoms. The molecule has 0 atom stereocenters. The van der Waals surface area contributed by atoms with Gasteiger partial charge < -0.3 is 0 Å². The highest BCUT2D eigenvalue weighted by Crippen LogP contribution is 2.36. The van der Waals surface area contributed by atoms with E-state index in [1.165, 1.54) is 27.8 Å². The number of hydrogen-bond donors (Lipinski definition) is 0. The minimum absolute atomic E-state index is 1.01. The highest BCUT2D eigenvalue weighted by atomic mass is 14.2. The van der Waals surface area contributed by atoms with Gasteiger partial charge in [-0.05, 0) is 46.2 Å². The maximum absolute atomic E-state index is 4.30. The summed E-state index contributed by atoms with van der Waals surface area (Å²) in [6.07, 6.45) is 4.40. The summed E-state index contributed by atoms with van der Waals surface area (Å²) < 4.78 is 0. The molecule has 3 rings (SSSR count). The lowest BCUT2D eigenvalue weighted by Gasteiger charge is -2.21. The van der Waals surface area contributed by atoms with E-state index in [9.17, 15) is 0 Å². The standard InChI is InChI=1S/C19H18/c1-3-15-9-11-19-14(2)18(12-10-17(19)13-15)16-7-5-4-6-8-16/h4-9,11-13H,2-3,10H2,1H3. The summed E-state index contributed by atoms with van der Waals surface area (Å²) in [4.78, 5) is 0. The van der Waals surface area contributed by atoms with Gasteiger partial charge >= 0.3 is 0 Å². The second-order valence-corrected chi connectivity index (χ2v) is 5.01. The summed E-state index contributed by atoms with van der Waals surface area (Å²) in [6.45, 7) is 6.50. The van der Waals surface area contributed by atoms with Gasteiger partial charge in [-0.2, -0.15) is 0 Å². The van der Waals surface area contributed by atoms with Crippen LogP contribution in [0.4, 0.5) is 0 Å². The molecule has 94 valence electrons. The second-order valence-electron chi connectivity index (χ2n) is 5.01. The van der Waals surface area contributed by atoms with Crippen LogP contribution in [-0.2, 0) is 12.8 Å². The first kappa shape index (κ1) is 12.0. The Morgan fingerprint density at radius 1 is 1.05 bits per heavy atom. The molecule has 0 aliphatic heterocycles. The van der Waals surface area contributed by atoms with Crippen LogP contribution in [0.25, 0.3) is 11.1 Å². The Hall–Kier alpha value is -2.08.